The van der Waals surface area contributed by atoms with Gasteiger partial charge in [0, 0.05) is 26.6 Å². The zero-order valence-corrected chi connectivity index (χ0v) is 27.7. The number of imidazole rings is 1. The van der Waals surface area contributed by atoms with E-state index in [1.807, 2.05) is 37.3 Å². The highest BCUT2D eigenvalue weighted by molar-refractivity contribution is 7.86. The first kappa shape index (κ1) is 32.5. The van der Waals surface area contributed by atoms with Crippen LogP contribution >= 0.6 is 0 Å². The van der Waals surface area contributed by atoms with Crippen molar-refractivity contribution in [3.8, 4) is 5.75 Å². The number of nitrogens with zero attached hydrogens (tertiary/aromatic N) is 4. The van der Waals surface area contributed by atoms with E-state index in [1.54, 1.807) is 59.7 Å². The van der Waals surface area contributed by atoms with Crippen LogP contribution in [0, 0.1) is 12.8 Å². The zero-order valence-electron chi connectivity index (χ0n) is 26.9. The van der Waals surface area contributed by atoms with Crippen LogP contribution in [0.4, 0.5) is 5.69 Å². The maximum absolute atomic E-state index is 13.8. The summed E-state index contributed by atoms with van der Waals surface area (Å²) in [5.41, 5.74) is 3.79. The molecule has 4 aromatic rings. The average Bonchev–Trinajstić information content (AvgIpc) is 3.33. The van der Waals surface area contributed by atoms with E-state index in [9.17, 15) is 22.8 Å². The van der Waals surface area contributed by atoms with E-state index >= 15 is 0 Å². The molecule has 0 radical (unpaired) electrons. The van der Waals surface area contributed by atoms with Crippen LogP contribution in [0.1, 0.15) is 49.3 Å². The van der Waals surface area contributed by atoms with Gasteiger partial charge in [0.05, 0.1) is 41.9 Å². The van der Waals surface area contributed by atoms with Crippen molar-refractivity contribution in [2.75, 3.05) is 31.7 Å². The van der Waals surface area contributed by atoms with E-state index in [2.05, 4.69) is 4.90 Å². The fraction of sp³-hybridized carbons (Fsp3) is 0.400. The topological polar surface area (TPSA) is 120 Å². The number of para-hydroxylation sites is 1. The summed E-state index contributed by atoms with van der Waals surface area (Å²) in [6.07, 6.45) is 2.75. The number of carbonyl (C=O) groups is 2. The summed E-state index contributed by atoms with van der Waals surface area (Å²) < 4.78 is 38.9. The number of anilines is 1. The standard InChI is InChI=1S/C35H40N4O7S/c1-24-7-13-28(14-8-24)47(43,44)46-22-19-25-17-20-37(21-18-25)29-5-4-6-30-33(29)36(2)35(42)39(30)31-15-16-32(40)38(34(31)41)23-26-9-11-27(45-3)12-10-26/h4-14,25,31H,15-23H2,1-3H3. The lowest BCUT2D eigenvalue weighted by Gasteiger charge is -2.34. The van der Waals surface area contributed by atoms with E-state index in [-0.39, 0.29) is 48.4 Å². The third-order valence-electron chi connectivity index (χ3n) is 9.41. The van der Waals surface area contributed by atoms with Gasteiger partial charge in [-0.15, -0.1) is 0 Å². The van der Waals surface area contributed by atoms with Gasteiger partial charge >= 0.3 is 5.69 Å². The number of aryl methyl sites for hydroxylation is 2. The van der Waals surface area contributed by atoms with Gasteiger partial charge in [-0.05, 0) is 80.5 Å². The SMILES string of the molecule is COc1ccc(CN2C(=O)CCC(n3c(=O)n(C)c4c(N5CCC(CCOS(=O)(=O)c6ccc(C)cc6)CC5)cccc43)C2=O)cc1. The molecular weight excluding hydrogens is 620 g/mol. The first-order valence-electron chi connectivity index (χ1n) is 16.0. The summed E-state index contributed by atoms with van der Waals surface area (Å²) in [7, 11) is -0.500. The van der Waals surface area contributed by atoms with Crippen molar-refractivity contribution in [1.82, 2.24) is 14.0 Å². The molecule has 0 N–H and O–H groups in total. The Hall–Kier alpha value is -4.42. The van der Waals surface area contributed by atoms with Crippen LogP contribution in [-0.2, 0) is 37.5 Å². The van der Waals surface area contributed by atoms with Crippen molar-refractivity contribution < 1.29 is 26.9 Å². The zero-order chi connectivity index (χ0) is 33.3. The summed E-state index contributed by atoms with van der Waals surface area (Å²) >= 11 is 0. The molecule has 6 rings (SSSR count). The second kappa shape index (κ2) is 13.4. The minimum atomic E-state index is -3.80. The molecule has 3 heterocycles. The smallest absolute Gasteiger partial charge is 0.329 e. The summed E-state index contributed by atoms with van der Waals surface area (Å²) in [6, 6.07) is 18.8. The maximum Gasteiger partial charge on any atom is 0.329 e. The number of hydrogen-bond acceptors (Lipinski definition) is 8. The minimum Gasteiger partial charge on any atom is -0.497 e. The number of methoxy groups -OCH3 is 1. The molecule has 248 valence electrons. The van der Waals surface area contributed by atoms with Gasteiger partial charge in [-0.2, -0.15) is 8.42 Å². The molecule has 2 saturated heterocycles. The van der Waals surface area contributed by atoms with Gasteiger partial charge in [0.15, 0.2) is 0 Å². The predicted octanol–water partition coefficient (Wildman–Crippen LogP) is 4.56. The van der Waals surface area contributed by atoms with Crippen molar-refractivity contribution in [2.24, 2.45) is 13.0 Å². The summed E-state index contributed by atoms with van der Waals surface area (Å²) in [6.45, 7) is 3.63. The molecule has 2 aliphatic heterocycles. The Morgan fingerprint density at radius 3 is 2.28 bits per heavy atom. The molecule has 2 fully saturated rings. The molecule has 0 saturated carbocycles. The minimum absolute atomic E-state index is 0.126. The van der Waals surface area contributed by atoms with E-state index in [0.29, 0.717) is 23.6 Å². The molecular formula is C35H40N4O7S. The van der Waals surface area contributed by atoms with E-state index in [0.717, 1.165) is 48.3 Å². The van der Waals surface area contributed by atoms with Crippen molar-refractivity contribution in [3.63, 3.8) is 0 Å². The van der Waals surface area contributed by atoms with Crippen molar-refractivity contribution in [3.05, 3.63) is 88.3 Å². The van der Waals surface area contributed by atoms with Crippen molar-refractivity contribution in [2.45, 2.75) is 56.5 Å². The molecule has 1 aromatic heterocycles. The maximum atomic E-state index is 13.8. The van der Waals surface area contributed by atoms with E-state index in [4.69, 9.17) is 8.92 Å². The lowest BCUT2D eigenvalue weighted by molar-refractivity contribution is -0.151. The van der Waals surface area contributed by atoms with Crippen LogP contribution in [0.15, 0.2) is 76.4 Å². The monoisotopic (exact) mass is 660 g/mol. The van der Waals surface area contributed by atoms with Crippen LogP contribution in [0.3, 0.4) is 0 Å². The fourth-order valence-electron chi connectivity index (χ4n) is 6.67. The molecule has 1 unspecified atom stereocenters. The van der Waals surface area contributed by atoms with Crippen LogP contribution in [0.2, 0.25) is 0 Å². The lowest BCUT2D eigenvalue weighted by Crippen LogP contribution is -2.47. The Labute approximate surface area is 274 Å². The highest BCUT2D eigenvalue weighted by atomic mass is 32.2. The summed E-state index contributed by atoms with van der Waals surface area (Å²) in [4.78, 5) is 44.1. The van der Waals surface area contributed by atoms with Gasteiger partial charge in [0.2, 0.25) is 5.91 Å². The molecule has 0 spiro atoms. The molecule has 0 aliphatic carbocycles. The number of amides is 2. The Kier molecular flexibility index (Phi) is 9.25. The molecule has 12 heteroatoms. The molecule has 2 amide bonds. The van der Waals surface area contributed by atoms with Crippen molar-refractivity contribution in [1.29, 1.82) is 0 Å². The van der Waals surface area contributed by atoms with Gasteiger partial charge in [-0.3, -0.25) is 27.8 Å². The van der Waals surface area contributed by atoms with E-state index < -0.39 is 16.2 Å². The Morgan fingerprint density at radius 1 is 0.894 bits per heavy atom. The molecule has 1 atom stereocenters. The highest BCUT2D eigenvalue weighted by Gasteiger charge is 2.38. The number of aromatic nitrogens is 2. The number of carbonyl (C=O) groups excluding carboxylic acids is 2. The van der Waals surface area contributed by atoms with Gasteiger partial charge in [0.25, 0.3) is 16.0 Å². The van der Waals surface area contributed by atoms with Crippen molar-refractivity contribution >= 4 is 38.7 Å². The molecule has 0 bridgehead atoms. The van der Waals surface area contributed by atoms with Gasteiger partial charge in [0.1, 0.15) is 11.8 Å². The highest BCUT2D eigenvalue weighted by Crippen LogP contribution is 2.34. The number of ether oxygens (including phenoxy) is 1. The van der Waals surface area contributed by atoms with Crippen LogP contribution in [0.25, 0.3) is 11.0 Å². The van der Waals surface area contributed by atoms with Crippen LogP contribution < -0.4 is 15.3 Å². The number of likely N-dealkylation sites (tertiary alicyclic amines) is 1. The number of benzene rings is 3. The quantitative estimate of drug-likeness (QED) is 0.179. The van der Waals surface area contributed by atoms with Gasteiger partial charge < -0.3 is 9.64 Å². The Balaban J connectivity index is 1.15. The fourth-order valence-corrected chi connectivity index (χ4v) is 7.60. The molecule has 2 aliphatic rings. The largest absolute Gasteiger partial charge is 0.497 e. The third kappa shape index (κ3) is 6.57. The molecule has 11 nitrogen and oxygen atoms in total. The number of rotatable bonds is 10. The second-order valence-corrected chi connectivity index (χ2v) is 14.0. The normalized spacial score (nSPS) is 17.9. The van der Waals surface area contributed by atoms with Gasteiger partial charge in [-0.25, -0.2) is 4.79 Å². The number of hydrogen-bond donors (Lipinski definition) is 0. The van der Waals surface area contributed by atoms with Crippen LogP contribution in [-0.4, -0.2) is 61.1 Å². The predicted molar refractivity (Wildman–Crippen MR) is 178 cm³/mol. The third-order valence-corrected chi connectivity index (χ3v) is 10.7. The van der Waals surface area contributed by atoms with Gasteiger partial charge in [-0.1, -0.05) is 35.9 Å². The lowest BCUT2D eigenvalue weighted by atomic mass is 9.93. The molecule has 3 aromatic carbocycles. The molecule has 47 heavy (non-hydrogen) atoms. The Morgan fingerprint density at radius 2 is 1.60 bits per heavy atom. The number of imide groups is 1. The summed E-state index contributed by atoms with van der Waals surface area (Å²) in [5.74, 6) is 0.353. The summed E-state index contributed by atoms with van der Waals surface area (Å²) in [5, 5.41) is 0. The second-order valence-electron chi connectivity index (χ2n) is 12.4. The Bertz CT molecular complexity index is 1940. The first-order valence-corrected chi connectivity index (χ1v) is 17.4. The average molecular weight is 661 g/mol. The number of piperidine rings is 2. The van der Waals surface area contributed by atoms with E-state index in [1.165, 1.54) is 4.90 Å². The van der Waals surface area contributed by atoms with Crippen LogP contribution in [0.5, 0.6) is 5.75 Å². The number of fused-ring (bicyclic) bond motifs is 1. The first-order chi connectivity index (χ1) is 22.6.